The molecular formula is C28H36FNO4. The van der Waals surface area contributed by atoms with E-state index >= 15 is 4.39 Å². The largest absolute Gasteiger partial charge is 0.493 e. The van der Waals surface area contributed by atoms with Crippen LogP contribution in [0.2, 0.25) is 0 Å². The number of halogens is 1. The maximum atomic E-state index is 15.4. The predicted molar refractivity (Wildman–Crippen MR) is 125 cm³/mol. The fraction of sp³-hybridized carbons (Fsp3) is 0.714. The van der Waals surface area contributed by atoms with E-state index in [0.29, 0.717) is 31.2 Å². The first-order valence-electron chi connectivity index (χ1n) is 13.3. The first kappa shape index (κ1) is 22.4. The van der Waals surface area contributed by atoms with Crippen LogP contribution in [-0.4, -0.2) is 43.1 Å². The van der Waals surface area contributed by atoms with Crippen LogP contribution in [0.15, 0.2) is 12.1 Å². The summed E-state index contributed by atoms with van der Waals surface area (Å²) in [4.78, 5) is 27.1. The molecule has 1 aromatic carbocycles. The Bertz CT molecular complexity index is 952. The third-order valence-electron chi connectivity index (χ3n) is 9.28. The summed E-state index contributed by atoms with van der Waals surface area (Å²) in [5, 5.41) is 0. The molecule has 0 aromatic heterocycles. The van der Waals surface area contributed by atoms with Gasteiger partial charge >= 0.3 is 5.97 Å². The number of hydrogen-bond donors (Lipinski definition) is 0. The lowest BCUT2D eigenvalue weighted by molar-refractivity contribution is -0.147. The topological polar surface area (TPSA) is 55.8 Å². The van der Waals surface area contributed by atoms with E-state index in [2.05, 4.69) is 0 Å². The van der Waals surface area contributed by atoms with Crippen molar-refractivity contribution >= 4 is 11.9 Å². The average molecular weight is 470 g/mol. The molecule has 5 aliphatic carbocycles. The summed E-state index contributed by atoms with van der Waals surface area (Å²) < 4.78 is 26.7. The number of likely N-dealkylation sites (tertiary alicyclic amines) is 1. The number of nitrogens with zero attached hydrogens (tertiary/aromatic N) is 1. The van der Waals surface area contributed by atoms with Crippen LogP contribution < -0.4 is 4.74 Å². The number of rotatable bonds is 6. The van der Waals surface area contributed by atoms with Gasteiger partial charge in [-0.2, -0.15) is 0 Å². The van der Waals surface area contributed by atoms with Crippen molar-refractivity contribution in [1.29, 1.82) is 0 Å². The van der Waals surface area contributed by atoms with E-state index in [1.807, 2.05) is 0 Å². The zero-order valence-corrected chi connectivity index (χ0v) is 20.2. The number of hydrogen-bond acceptors (Lipinski definition) is 4. The van der Waals surface area contributed by atoms with Gasteiger partial charge in [0.1, 0.15) is 17.6 Å². The van der Waals surface area contributed by atoms with Gasteiger partial charge in [-0.15, -0.1) is 0 Å². The first-order chi connectivity index (χ1) is 16.4. The van der Waals surface area contributed by atoms with Crippen LogP contribution in [0.4, 0.5) is 4.39 Å². The lowest BCUT2D eigenvalue weighted by Gasteiger charge is -2.56. The molecule has 0 spiro atoms. The van der Waals surface area contributed by atoms with Crippen LogP contribution in [0.25, 0.3) is 0 Å². The Hall–Kier alpha value is -2.11. The molecule has 6 aliphatic rings. The Morgan fingerprint density at radius 3 is 2.32 bits per heavy atom. The third kappa shape index (κ3) is 4.01. The van der Waals surface area contributed by atoms with Gasteiger partial charge in [-0.1, -0.05) is 0 Å². The van der Waals surface area contributed by atoms with Crippen molar-refractivity contribution in [1.82, 2.24) is 4.90 Å². The van der Waals surface area contributed by atoms with Gasteiger partial charge in [-0.25, -0.2) is 9.18 Å². The van der Waals surface area contributed by atoms with E-state index in [0.717, 1.165) is 49.0 Å². The van der Waals surface area contributed by atoms with E-state index in [-0.39, 0.29) is 11.0 Å². The maximum Gasteiger partial charge on any atom is 0.328 e. The Morgan fingerprint density at radius 1 is 1.03 bits per heavy atom. The molecule has 34 heavy (non-hydrogen) atoms. The molecule has 0 radical (unpaired) electrons. The minimum Gasteiger partial charge on any atom is -0.493 e. The fourth-order valence-electron chi connectivity index (χ4n) is 7.98. The highest BCUT2D eigenvalue weighted by Gasteiger charge is 2.51. The molecule has 184 valence electrons. The molecular weight excluding hydrogens is 433 g/mol. The van der Waals surface area contributed by atoms with E-state index in [1.54, 1.807) is 6.07 Å². The number of carbonyl (C=O) groups is 2. The second-order valence-electron chi connectivity index (χ2n) is 11.9. The molecule has 4 bridgehead atoms. The fourth-order valence-corrected chi connectivity index (χ4v) is 7.98. The number of carbonyl (C=O) groups excluding carboxylic acids is 2. The van der Waals surface area contributed by atoms with Gasteiger partial charge in [-0.05, 0) is 106 Å². The smallest absolute Gasteiger partial charge is 0.328 e. The summed E-state index contributed by atoms with van der Waals surface area (Å²) in [5.74, 6) is 2.11. The normalized spacial score (nSPS) is 34.2. The van der Waals surface area contributed by atoms with Crippen molar-refractivity contribution in [2.24, 2.45) is 23.2 Å². The zero-order valence-electron chi connectivity index (χ0n) is 20.2. The number of methoxy groups -OCH3 is 1. The van der Waals surface area contributed by atoms with Crippen molar-refractivity contribution < 1.29 is 23.5 Å². The summed E-state index contributed by atoms with van der Waals surface area (Å²) in [6.45, 7) is 1.11. The summed E-state index contributed by atoms with van der Waals surface area (Å²) >= 11 is 0. The zero-order chi connectivity index (χ0) is 23.4. The Kier molecular flexibility index (Phi) is 5.61. The van der Waals surface area contributed by atoms with Crippen molar-refractivity contribution in [3.05, 3.63) is 29.1 Å². The molecule has 1 saturated heterocycles. The molecule has 0 unspecified atom stereocenters. The number of benzene rings is 1. The lowest BCUT2D eigenvalue weighted by atomic mass is 9.50. The van der Waals surface area contributed by atoms with Crippen molar-refractivity contribution in [3.8, 4) is 5.75 Å². The SMILES string of the molecule is COC(=O)[C@@H]1CCCCN1C(=O)c1cc(C2CC2)c(OCC23CC4CC(CC(C4)C2)C3)cc1F. The highest BCUT2D eigenvalue weighted by molar-refractivity contribution is 5.97. The van der Waals surface area contributed by atoms with Crippen LogP contribution in [0.3, 0.4) is 0 Å². The number of piperidine rings is 1. The Labute approximate surface area is 201 Å². The van der Waals surface area contributed by atoms with Crippen LogP contribution >= 0.6 is 0 Å². The molecule has 1 amide bonds. The van der Waals surface area contributed by atoms with E-state index in [4.69, 9.17) is 9.47 Å². The molecule has 6 heteroatoms. The van der Waals surface area contributed by atoms with Gasteiger partial charge in [0.15, 0.2) is 0 Å². The molecule has 7 rings (SSSR count). The molecule has 1 atom stereocenters. The second kappa shape index (κ2) is 8.53. The summed E-state index contributed by atoms with van der Waals surface area (Å²) in [7, 11) is 1.33. The monoisotopic (exact) mass is 469 g/mol. The molecule has 6 fully saturated rings. The van der Waals surface area contributed by atoms with Gasteiger partial charge < -0.3 is 14.4 Å². The molecule has 1 aliphatic heterocycles. The summed E-state index contributed by atoms with van der Waals surface area (Å²) in [6, 6.07) is 2.52. The van der Waals surface area contributed by atoms with Crippen LogP contribution in [0, 0.1) is 29.0 Å². The average Bonchev–Trinajstić information content (AvgIpc) is 3.66. The van der Waals surface area contributed by atoms with Gasteiger partial charge in [0, 0.05) is 18.0 Å². The van der Waals surface area contributed by atoms with Crippen LogP contribution in [0.1, 0.15) is 92.5 Å². The predicted octanol–water partition coefficient (Wildman–Crippen LogP) is 5.47. The van der Waals surface area contributed by atoms with Gasteiger partial charge in [0.25, 0.3) is 5.91 Å². The first-order valence-corrected chi connectivity index (χ1v) is 13.3. The minimum atomic E-state index is -0.637. The number of esters is 1. The summed E-state index contributed by atoms with van der Waals surface area (Å²) in [5.41, 5.74) is 1.27. The second-order valence-corrected chi connectivity index (χ2v) is 11.9. The molecule has 1 heterocycles. The summed E-state index contributed by atoms with van der Waals surface area (Å²) in [6.07, 6.45) is 12.2. The lowest BCUT2D eigenvalue weighted by Crippen LogP contribution is -2.49. The minimum absolute atomic E-state index is 0.0554. The number of amides is 1. The van der Waals surface area contributed by atoms with Crippen molar-refractivity contribution in [2.45, 2.75) is 82.6 Å². The van der Waals surface area contributed by atoms with E-state index in [1.165, 1.54) is 56.6 Å². The van der Waals surface area contributed by atoms with Crippen LogP contribution in [0.5, 0.6) is 5.75 Å². The van der Waals surface area contributed by atoms with Crippen molar-refractivity contribution in [3.63, 3.8) is 0 Å². The molecule has 5 saturated carbocycles. The molecule has 0 N–H and O–H groups in total. The molecule has 1 aromatic rings. The Balaban J connectivity index is 1.24. The van der Waals surface area contributed by atoms with Crippen molar-refractivity contribution in [2.75, 3.05) is 20.3 Å². The highest BCUT2D eigenvalue weighted by atomic mass is 19.1. The standard InChI is InChI=1S/C28H36FNO4/c1-33-27(32)24-4-2-3-7-30(24)26(31)22-11-21(20-5-6-20)25(12-23(22)29)34-16-28-13-17-8-18(14-28)10-19(9-17)15-28/h11-12,17-20,24H,2-10,13-16H2,1H3/t17?,18?,19?,24-,28?/m0/s1. The van der Waals surface area contributed by atoms with Gasteiger partial charge in [-0.3, -0.25) is 4.79 Å². The van der Waals surface area contributed by atoms with E-state index < -0.39 is 23.7 Å². The quantitative estimate of drug-likeness (QED) is 0.519. The molecule has 5 nitrogen and oxygen atoms in total. The highest BCUT2D eigenvalue weighted by Crippen LogP contribution is 2.60. The Morgan fingerprint density at radius 2 is 1.71 bits per heavy atom. The van der Waals surface area contributed by atoms with Gasteiger partial charge in [0.2, 0.25) is 0 Å². The van der Waals surface area contributed by atoms with Crippen LogP contribution in [-0.2, 0) is 9.53 Å². The third-order valence-corrected chi connectivity index (χ3v) is 9.28. The maximum absolute atomic E-state index is 15.4. The number of ether oxygens (including phenoxy) is 2. The van der Waals surface area contributed by atoms with E-state index in [9.17, 15) is 9.59 Å². The van der Waals surface area contributed by atoms with Gasteiger partial charge in [0.05, 0.1) is 19.3 Å².